The summed E-state index contributed by atoms with van der Waals surface area (Å²) >= 11 is 0. The number of methoxy groups -OCH3 is 1. The Labute approximate surface area is 172 Å². The zero-order valence-electron chi connectivity index (χ0n) is 17.5. The molecule has 2 aromatic rings. The van der Waals surface area contributed by atoms with Crippen LogP contribution in [0.3, 0.4) is 0 Å². The maximum atomic E-state index is 12.8. The number of piperidine rings is 1. The molecule has 1 aliphatic heterocycles. The molecule has 0 N–H and O–H groups in total. The van der Waals surface area contributed by atoms with Crippen molar-refractivity contribution in [2.24, 2.45) is 5.92 Å². The summed E-state index contributed by atoms with van der Waals surface area (Å²) in [4.78, 5) is 26.6. The van der Waals surface area contributed by atoms with Crippen LogP contribution in [-0.4, -0.2) is 40.8 Å². The molecule has 29 heavy (non-hydrogen) atoms. The first-order valence-corrected chi connectivity index (χ1v) is 10.6. The van der Waals surface area contributed by atoms with Crippen molar-refractivity contribution in [1.82, 2.24) is 14.7 Å². The minimum atomic E-state index is -0.146. The van der Waals surface area contributed by atoms with Gasteiger partial charge in [-0.1, -0.05) is 25.5 Å². The lowest BCUT2D eigenvalue weighted by Crippen LogP contribution is -2.39. The number of nitrogens with zero attached hydrogens (tertiary/aromatic N) is 3. The van der Waals surface area contributed by atoms with Gasteiger partial charge in [-0.05, 0) is 61.8 Å². The molecule has 0 spiro atoms. The van der Waals surface area contributed by atoms with Crippen molar-refractivity contribution in [3.63, 3.8) is 0 Å². The molecule has 0 saturated carbocycles. The van der Waals surface area contributed by atoms with E-state index in [9.17, 15) is 9.59 Å². The first kappa shape index (κ1) is 21.1. The first-order chi connectivity index (χ1) is 14.1. The number of hydrogen-bond donors (Lipinski definition) is 0. The number of amides is 1. The summed E-state index contributed by atoms with van der Waals surface area (Å²) in [5, 5.41) is 4.30. The molecule has 1 aromatic heterocycles. The van der Waals surface area contributed by atoms with Gasteiger partial charge in [0, 0.05) is 25.7 Å². The van der Waals surface area contributed by atoms with Crippen molar-refractivity contribution in [2.75, 3.05) is 20.2 Å². The van der Waals surface area contributed by atoms with E-state index < -0.39 is 0 Å². The van der Waals surface area contributed by atoms with E-state index in [1.54, 1.807) is 13.2 Å². The van der Waals surface area contributed by atoms with Crippen LogP contribution in [-0.2, 0) is 13.0 Å². The maximum Gasteiger partial charge on any atom is 0.274 e. The number of aryl methyl sites for hydroxylation is 2. The summed E-state index contributed by atoms with van der Waals surface area (Å²) in [6.07, 6.45) is 6.07. The summed E-state index contributed by atoms with van der Waals surface area (Å²) in [5.74, 6) is 1.45. The predicted octanol–water partition coefficient (Wildman–Crippen LogP) is 3.54. The summed E-state index contributed by atoms with van der Waals surface area (Å²) in [6.45, 7) is 4.13. The molecule has 2 heterocycles. The Bertz CT molecular complexity index is 852. The fourth-order valence-electron chi connectivity index (χ4n) is 3.78. The predicted molar refractivity (Wildman–Crippen MR) is 113 cm³/mol. The second-order valence-corrected chi connectivity index (χ2v) is 7.76. The Kier molecular flexibility index (Phi) is 7.44. The summed E-state index contributed by atoms with van der Waals surface area (Å²) < 4.78 is 6.62. The molecule has 1 aliphatic rings. The molecule has 6 nitrogen and oxygen atoms in total. The van der Waals surface area contributed by atoms with Crippen LogP contribution in [0.1, 0.15) is 55.1 Å². The lowest BCUT2D eigenvalue weighted by atomic mass is 9.90. The lowest BCUT2D eigenvalue weighted by molar-refractivity contribution is 0.0678. The molecule has 0 unspecified atom stereocenters. The molecule has 156 valence electrons. The van der Waals surface area contributed by atoms with Crippen molar-refractivity contribution >= 4 is 5.91 Å². The molecule has 0 atom stereocenters. The Morgan fingerprint density at radius 3 is 2.52 bits per heavy atom. The van der Waals surface area contributed by atoms with E-state index in [0.717, 1.165) is 57.4 Å². The van der Waals surface area contributed by atoms with Crippen molar-refractivity contribution < 1.29 is 9.53 Å². The van der Waals surface area contributed by atoms with E-state index in [0.29, 0.717) is 18.2 Å². The fraction of sp³-hybridized carbons (Fsp3) is 0.522. The molecule has 3 rings (SSSR count). The molecule has 0 bridgehead atoms. The highest BCUT2D eigenvalue weighted by Gasteiger charge is 2.24. The van der Waals surface area contributed by atoms with Crippen LogP contribution in [0.25, 0.3) is 0 Å². The van der Waals surface area contributed by atoms with Gasteiger partial charge in [0.25, 0.3) is 11.5 Å². The minimum Gasteiger partial charge on any atom is -0.497 e. The van der Waals surface area contributed by atoms with E-state index >= 15 is 0 Å². The van der Waals surface area contributed by atoms with Crippen LogP contribution in [0.2, 0.25) is 0 Å². The molecule has 1 fully saturated rings. The first-order valence-electron chi connectivity index (χ1n) is 10.6. The van der Waals surface area contributed by atoms with Crippen LogP contribution in [0.4, 0.5) is 0 Å². The van der Waals surface area contributed by atoms with Gasteiger partial charge in [0.1, 0.15) is 11.4 Å². The maximum absolute atomic E-state index is 12.8. The molecule has 6 heteroatoms. The Morgan fingerprint density at radius 1 is 1.14 bits per heavy atom. The van der Waals surface area contributed by atoms with Gasteiger partial charge in [-0.2, -0.15) is 5.10 Å². The number of rotatable bonds is 8. The van der Waals surface area contributed by atoms with Gasteiger partial charge in [-0.3, -0.25) is 9.59 Å². The number of aromatic nitrogens is 2. The molecule has 1 saturated heterocycles. The second kappa shape index (κ2) is 10.2. The van der Waals surface area contributed by atoms with Gasteiger partial charge in [0.05, 0.1) is 7.11 Å². The molecular weight excluding hydrogens is 366 g/mol. The van der Waals surface area contributed by atoms with Crippen LogP contribution in [0, 0.1) is 5.92 Å². The van der Waals surface area contributed by atoms with Crippen LogP contribution >= 0.6 is 0 Å². The van der Waals surface area contributed by atoms with Gasteiger partial charge in [0.2, 0.25) is 0 Å². The number of carbonyl (C=O) groups excluding carboxylic acids is 1. The third kappa shape index (κ3) is 5.68. The lowest BCUT2D eigenvalue weighted by Gasteiger charge is -2.32. The Hall–Kier alpha value is -2.63. The van der Waals surface area contributed by atoms with Crippen molar-refractivity contribution in [3.8, 4) is 5.75 Å². The van der Waals surface area contributed by atoms with Gasteiger partial charge in [-0.15, -0.1) is 0 Å². The topological polar surface area (TPSA) is 64.4 Å². The SMILES string of the molecule is CCCCn1nc(C(=O)N2CCC(CCc3ccc(OC)cc3)CC2)ccc1=O. The third-order valence-electron chi connectivity index (χ3n) is 5.71. The number of benzene rings is 1. The van der Waals surface area contributed by atoms with Gasteiger partial charge in [0.15, 0.2) is 0 Å². The average Bonchev–Trinajstić information content (AvgIpc) is 2.77. The van der Waals surface area contributed by atoms with Crippen molar-refractivity contribution in [3.05, 3.63) is 58.0 Å². The third-order valence-corrected chi connectivity index (χ3v) is 5.71. The summed E-state index contributed by atoms with van der Waals surface area (Å²) in [7, 11) is 1.68. The number of likely N-dealkylation sites (tertiary alicyclic amines) is 1. The fourth-order valence-corrected chi connectivity index (χ4v) is 3.78. The zero-order valence-corrected chi connectivity index (χ0v) is 17.5. The standard InChI is InChI=1S/C23H31N3O3/c1-3-4-15-26-22(27)12-11-21(24-26)23(28)25-16-13-19(14-17-25)6-5-18-7-9-20(29-2)10-8-18/h7-12,19H,3-6,13-17H2,1-2H3. The van der Waals surface area contributed by atoms with E-state index in [-0.39, 0.29) is 11.5 Å². The zero-order chi connectivity index (χ0) is 20.6. The van der Waals surface area contributed by atoms with E-state index in [1.807, 2.05) is 17.0 Å². The normalized spacial score (nSPS) is 14.8. The largest absolute Gasteiger partial charge is 0.497 e. The van der Waals surface area contributed by atoms with Crippen LogP contribution in [0.5, 0.6) is 5.75 Å². The average molecular weight is 398 g/mol. The minimum absolute atomic E-state index is 0.0659. The summed E-state index contributed by atoms with van der Waals surface area (Å²) in [5.41, 5.74) is 1.55. The molecule has 1 amide bonds. The van der Waals surface area contributed by atoms with Gasteiger partial charge < -0.3 is 9.64 Å². The number of hydrogen-bond acceptors (Lipinski definition) is 4. The molecule has 1 aromatic carbocycles. The quantitative estimate of drug-likeness (QED) is 0.683. The van der Waals surface area contributed by atoms with Crippen LogP contribution < -0.4 is 10.3 Å². The number of ether oxygens (including phenoxy) is 1. The highest BCUT2D eigenvalue weighted by atomic mass is 16.5. The van der Waals surface area contributed by atoms with Crippen molar-refractivity contribution in [1.29, 1.82) is 0 Å². The number of unbranched alkanes of at least 4 members (excludes halogenated alkanes) is 1. The molecule has 0 aliphatic carbocycles. The monoisotopic (exact) mass is 397 g/mol. The highest BCUT2D eigenvalue weighted by molar-refractivity contribution is 5.92. The van der Waals surface area contributed by atoms with E-state index in [2.05, 4.69) is 24.2 Å². The second-order valence-electron chi connectivity index (χ2n) is 7.76. The molecular formula is C23H31N3O3. The number of carbonyl (C=O) groups is 1. The Morgan fingerprint density at radius 2 is 1.86 bits per heavy atom. The van der Waals surface area contributed by atoms with E-state index in [4.69, 9.17) is 4.74 Å². The van der Waals surface area contributed by atoms with Crippen LogP contribution in [0.15, 0.2) is 41.2 Å². The summed E-state index contributed by atoms with van der Waals surface area (Å²) in [6, 6.07) is 11.3. The Balaban J connectivity index is 1.50. The van der Waals surface area contributed by atoms with Crippen molar-refractivity contribution in [2.45, 2.75) is 52.0 Å². The highest BCUT2D eigenvalue weighted by Crippen LogP contribution is 2.24. The smallest absolute Gasteiger partial charge is 0.274 e. The van der Waals surface area contributed by atoms with Gasteiger partial charge >= 0.3 is 0 Å². The molecule has 0 radical (unpaired) electrons. The van der Waals surface area contributed by atoms with E-state index in [1.165, 1.54) is 16.3 Å². The van der Waals surface area contributed by atoms with Gasteiger partial charge in [-0.25, -0.2) is 4.68 Å².